The second-order valence-electron chi connectivity index (χ2n) is 10.5. The molecule has 0 amide bonds. The molecule has 1 saturated heterocycles. The van der Waals surface area contributed by atoms with Crippen molar-refractivity contribution >= 4 is 40.0 Å². The van der Waals surface area contributed by atoms with Crippen molar-refractivity contribution < 1.29 is 4.39 Å². The molecule has 1 atom stereocenters. The molecule has 1 saturated carbocycles. The monoisotopic (exact) mass is 518 g/mol. The third kappa shape index (κ3) is 4.93. The summed E-state index contributed by atoms with van der Waals surface area (Å²) in [6.45, 7) is 6.44. The number of pyridine rings is 3. The van der Waals surface area contributed by atoms with E-state index in [9.17, 15) is 4.39 Å². The lowest BCUT2D eigenvalue weighted by Crippen LogP contribution is -2.49. The molecule has 0 radical (unpaired) electrons. The molecule has 2 aliphatic rings. The summed E-state index contributed by atoms with van der Waals surface area (Å²) < 4.78 is 14.3. The van der Waals surface area contributed by atoms with E-state index in [0.717, 1.165) is 54.6 Å². The van der Waals surface area contributed by atoms with Crippen LogP contribution in [-0.2, 0) is 0 Å². The van der Waals surface area contributed by atoms with Crippen molar-refractivity contribution in [2.45, 2.75) is 45.1 Å². The Kier molecular flexibility index (Phi) is 6.12. The highest BCUT2D eigenvalue weighted by molar-refractivity contribution is 6.30. The van der Waals surface area contributed by atoms with E-state index in [4.69, 9.17) is 21.6 Å². The minimum Gasteiger partial charge on any atom is -0.366 e. The number of aromatic nitrogens is 5. The number of anilines is 3. The summed E-state index contributed by atoms with van der Waals surface area (Å²) in [7, 11) is 0. The second-order valence-corrected chi connectivity index (χ2v) is 10.9. The lowest BCUT2D eigenvalue weighted by molar-refractivity contribution is 0.236. The molecular formula is C27H28ClFN8. The molecule has 0 aromatic carbocycles. The number of piperidine rings is 1. The maximum atomic E-state index is 14.3. The fraction of sp³-hybridized carbons (Fsp3) is 0.370. The van der Waals surface area contributed by atoms with Gasteiger partial charge in [-0.25, -0.2) is 24.3 Å². The number of nitrogens with zero attached hydrogens (tertiary/aromatic N) is 5. The van der Waals surface area contributed by atoms with Gasteiger partial charge in [0, 0.05) is 42.1 Å². The number of rotatable bonds is 6. The van der Waals surface area contributed by atoms with Gasteiger partial charge in [-0.1, -0.05) is 25.4 Å². The third-order valence-electron chi connectivity index (χ3n) is 7.17. The first-order valence-electron chi connectivity index (χ1n) is 12.5. The first-order valence-corrected chi connectivity index (χ1v) is 12.9. The highest BCUT2D eigenvalue weighted by Crippen LogP contribution is 2.44. The van der Waals surface area contributed by atoms with Crippen molar-refractivity contribution in [1.29, 1.82) is 0 Å². The van der Waals surface area contributed by atoms with Crippen molar-refractivity contribution in [2.75, 3.05) is 23.7 Å². The van der Waals surface area contributed by atoms with Crippen LogP contribution in [0.3, 0.4) is 0 Å². The lowest BCUT2D eigenvalue weighted by Gasteiger charge is -2.40. The molecule has 4 aromatic rings. The molecule has 3 N–H and O–H groups in total. The molecule has 1 aliphatic carbocycles. The number of hydrogen-bond donors (Lipinski definition) is 3. The Morgan fingerprint density at radius 2 is 1.92 bits per heavy atom. The van der Waals surface area contributed by atoms with E-state index in [1.54, 1.807) is 18.5 Å². The molecule has 4 aromatic heterocycles. The van der Waals surface area contributed by atoms with Gasteiger partial charge in [-0.15, -0.1) is 0 Å². The Labute approximate surface area is 219 Å². The number of fused-ring (bicyclic) bond motifs is 1. The lowest BCUT2D eigenvalue weighted by atomic mass is 9.80. The van der Waals surface area contributed by atoms with Gasteiger partial charge in [0.2, 0.25) is 0 Å². The summed E-state index contributed by atoms with van der Waals surface area (Å²) >= 11 is 5.83. The smallest absolute Gasteiger partial charge is 0.167 e. The topological polar surface area (TPSA) is 101 Å². The van der Waals surface area contributed by atoms with E-state index < -0.39 is 5.82 Å². The van der Waals surface area contributed by atoms with Crippen molar-refractivity contribution in [3.8, 4) is 11.4 Å². The fourth-order valence-corrected chi connectivity index (χ4v) is 5.06. The fourth-order valence-electron chi connectivity index (χ4n) is 4.92. The van der Waals surface area contributed by atoms with Crippen LogP contribution in [0.5, 0.6) is 0 Å². The minimum atomic E-state index is -0.559. The van der Waals surface area contributed by atoms with Crippen LogP contribution in [0.1, 0.15) is 44.6 Å². The average molecular weight is 519 g/mol. The van der Waals surface area contributed by atoms with E-state index in [1.807, 2.05) is 12.3 Å². The van der Waals surface area contributed by atoms with Gasteiger partial charge >= 0.3 is 0 Å². The predicted octanol–water partition coefficient (Wildman–Crippen LogP) is 5.70. The quantitative estimate of drug-likeness (QED) is 0.299. The predicted molar refractivity (Wildman–Crippen MR) is 144 cm³/mol. The van der Waals surface area contributed by atoms with E-state index in [-0.39, 0.29) is 22.3 Å². The van der Waals surface area contributed by atoms with Gasteiger partial charge in [-0.3, -0.25) is 4.98 Å². The third-order valence-corrected chi connectivity index (χ3v) is 7.38. The van der Waals surface area contributed by atoms with Crippen LogP contribution < -0.4 is 16.0 Å². The Morgan fingerprint density at radius 1 is 1.05 bits per heavy atom. The van der Waals surface area contributed by atoms with Gasteiger partial charge in [0.05, 0.1) is 16.7 Å². The first kappa shape index (κ1) is 23.9. The zero-order valence-corrected chi connectivity index (χ0v) is 21.5. The van der Waals surface area contributed by atoms with Gasteiger partial charge in [0.1, 0.15) is 11.6 Å². The number of nitrogens with one attached hydrogen (secondary N) is 3. The standard InChI is InChI=1S/C27H28ClFN8/c1-27(2)14-30-7-6-21(27)35-26-23-18(15-3-4-15)12-31-13-20(23)34-24(37-26)16-5-8-32-22(9-16)36-25-19(29)10-17(28)11-33-25/h5,8-13,15,21,30H,3-4,6-7,14H2,1-2H3,(H,32,33,36)(H,34,35,37)/t21-/m0/s1. The van der Waals surface area contributed by atoms with Crippen LogP contribution in [0.2, 0.25) is 5.02 Å². The highest BCUT2D eigenvalue weighted by Gasteiger charge is 2.34. The number of halogens is 2. The zero-order chi connectivity index (χ0) is 25.6. The van der Waals surface area contributed by atoms with Crippen LogP contribution in [0.25, 0.3) is 22.3 Å². The van der Waals surface area contributed by atoms with Crippen LogP contribution >= 0.6 is 11.6 Å². The summed E-state index contributed by atoms with van der Waals surface area (Å²) in [5, 5.41) is 11.5. The van der Waals surface area contributed by atoms with Gasteiger partial charge in [-0.05, 0) is 60.9 Å². The molecule has 2 fully saturated rings. The molecule has 37 heavy (non-hydrogen) atoms. The normalized spacial score (nSPS) is 19.1. The van der Waals surface area contributed by atoms with Crippen LogP contribution in [0, 0.1) is 11.2 Å². The van der Waals surface area contributed by atoms with Crippen LogP contribution in [-0.4, -0.2) is 44.1 Å². The zero-order valence-electron chi connectivity index (χ0n) is 20.7. The van der Waals surface area contributed by atoms with Gasteiger partial charge in [-0.2, -0.15) is 0 Å². The largest absolute Gasteiger partial charge is 0.366 e. The van der Waals surface area contributed by atoms with E-state index in [2.05, 4.69) is 44.7 Å². The van der Waals surface area contributed by atoms with Gasteiger partial charge < -0.3 is 16.0 Å². The molecule has 0 unspecified atom stereocenters. The Hall–Kier alpha value is -3.43. The maximum absolute atomic E-state index is 14.3. The Morgan fingerprint density at radius 3 is 2.70 bits per heavy atom. The molecule has 0 bridgehead atoms. The van der Waals surface area contributed by atoms with Crippen molar-refractivity contribution in [3.63, 3.8) is 0 Å². The summed E-state index contributed by atoms with van der Waals surface area (Å²) in [5.41, 5.74) is 2.82. The Balaban J connectivity index is 1.41. The number of hydrogen-bond acceptors (Lipinski definition) is 8. The molecular weight excluding hydrogens is 491 g/mol. The molecule has 5 heterocycles. The molecule has 6 rings (SSSR count). The van der Waals surface area contributed by atoms with Gasteiger partial charge in [0.25, 0.3) is 0 Å². The van der Waals surface area contributed by atoms with E-state index in [1.165, 1.54) is 17.8 Å². The summed E-state index contributed by atoms with van der Waals surface area (Å²) in [6, 6.07) is 5.09. The molecule has 10 heteroatoms. The van der Waals surface area contributed by atoms with E-state index >= 15 is 0 Å². The first-order chi connectivity index (χ1) is 17.9. The maximum Gasteiger partial charge on any atom is 0.167 e. The summed E-state index contributed by atoms with van der Waals surface area (Å²) in [6.07, 6.45) is 10.1. The second kappa shape index (κ2) is 9.46. The Bertz CT molecular complexity index is 1470. The summed E-state index contributed by atoms with van der Waals surface area (Å²) in [4.78, 5) is 22.8. The molecule has 190 valence electrons. The average Bonchev–Trinajstić information content (AvgIpc) is 3.72. The van der Waals surface area contributed by atoms with Crippen molar-refractivity contribution in [3.05, 3.63) is 59.4 Å². The minimum absolute atomic E-state index is 0.0438. The van der Waals surface area contributed by atoms with Crippen LogP contribution in [0.15, 0.2) is 43.0 Å². The molecule has 0 spiro atoms. The summed E-state index contributed by atoms with van der Waals surface area (Å²) in [5.74, 6) is 1.80. The molecule has 1 aliphatic heterocycles. The van der Waals surface area contributed by atoms with Crippen molar-refractivity contribution in [1.82, 2.24) is 30.2 Å². The van der Waals surface area contributed by atoms with E-state index in [0.29, 0.717) is 17.6 Å². The van der Waals surface area contributed by atoms with Crippen LogP contribution in [0.4, 0.5) is 21.8 Å². The van der Waals surface area contributed by atoms with Crippen molar-refractivity contribution in [2.24, 2.45) is 5.41 Å². The highest BCUT2D eigenvalue weighted by atomic mass is 35.5. The van der Waals surface area contributed by atoms with Gasteiger partial charge in [0.15, 0.2) is 17.5 Å². The molecule has 8 nitrogen and oxygen atoms in total. The SMILES string of the molecule is CC1(C)CNCC[C@@H]1Nc1nc(-c2ccnc(Nc3ncc(Cl)cc3F)c2)nc2cncc(C3CC3)c12.